The predicted molar refractivity (Wildman–Crippen MR) is 149 cm³/mol. The lowest BCUT2D eigenvalue weighted by Crippen LogP contribution is -2.63. The van der Waals surface area contributed by atoms with Crippen LogP contribution in [0.4, 0.5) is 8.78 Å². The lowest BCUT2D eigenvalue weighted by Gasteiger charge is -2.46. The molecule has 0 spiro atoms. The van der Waals surface area contributed by atoms with Gasteiger partial charge in [0.2, 0.25) is 0 Å². The first-order valence-corrected chi connectivity index (χ1v) is 14.5. The quantitative estimate of drug-likeness (QED) is 0.243. The predicted octanol–water partition coefficient (Wildman–Crippen LogP) is 1.54. The highest BCUT2D eigenvalue weighted by atomic mass is 35.5. The number of benzene rings is 1. The van der Waals surface area contributed by atoms with E-state index < -0.39 is 77.7 Å². The Balaban J connectivity index is 1.54. The molecule has 5 rings (SSSR count). The van der Waals surface area contributed by atoms with E-state index in [1.54, 1.807) is 24.0 Å². The molecular weight excluding hydrogens is 606 g/mol. The van der Waals surface area contributed by atoms with Crippen molar-refractivity contribution in [2.24, 2.45) is 7.05 Å². The molecule has 3 N–H and O–H groups in total. The molecule has 1 amide bonds. The normalized spacial score (nSPS) is 27.2. The molecule has 7 atom stereocenters. The maximum atomic E-state index is 14.4. The minimum Gasteiger partial charge on any atom is -0.457 e. The number of halogens is 3. The zero-order valence-electron chi connectivity index (χ0n) is 24.0. The monoisotopic (exact) mass is 638 g/mol. The number of aliphatic hydroxyl groups is 3. The van der Waals surface area contributed by atoms with Crippen LogP contribution in [0.3, 0.4) is 0 Å². The van der Waals surface area contributed by atoms with Gasteiger partial charge in [-0.2, -0.15) is 5.10 Å². The van der Waals surface area contributed by atoms with Crippen LogP contribution in [0.5, 0.6) is 0 Å². The molecule has 2 aromatic heterocycles. The molecule has 1 saturated carbocycles. The van der Waals surface area contributed by atoms with Gasteiger partial charge in [0.25, 0.3) is 5.91 Å². The SMILES string of the molecule is CC(=O)O[C@@H]1[C@@H](n2cc(-c3cc(F)c(Cl)c(F)c3)nn2)[C@@H](O)[C@@H](CO)O[C@H]1C(=O)N(Cc1ccnn1C)[C@H]1CCCC[C@@H]1O. The van der Waals surface area contributed by atoms with Crippen LogP contribution in [0.25, 0.3) is 11.3 Å². The molecule has 3 heterocycles. The lowest BCUT2D eigenvalue weighted by molar-refractivity contribution is -0.222. The van der Waals surface area contributed by atoms with E-state index >= 15 is 0 Å². The second-order valence-electron chi connectivity index (χ2n) is 11.0. The van der Waals surface area contributed by atoms with E-state index in [0.717, 1.165) is 36.6 Å². The van der Waals surface area contributed by atoms with Gasteiger partial charge >= 0.3 is 5.97 Å². The fourth-order valence-corrected chi connectivity index (χ4v) is 6.00. The van der Waals surface area contributed by atoms with E-state index in [4.69, 9.17) is 21.1 Å². The molecule has 1 aliphatic carbocycles. The average molecular weight is 639 g/mol. The summed E-state index contributed by atoms with van der Waals surface area (Å²) < 4.78 is 42.5. The highest BCUT2D eigenvalue weighted by Crippen LogP contribution is 2.36. The maximum Gasteiger partial charge on any atom is 0.303 e. The van der Waals surface area contributed by atoms with Crippen LogP contribution in [0.2, 0.25) is 5.02 Å². The minimum atomic E-state index is -1.56. The highest BCUT2D eigenvalue weighted by molar-refractivity contribution is 6.31. The molecule has 2 fully saturated rings. The van der Waals surface area contributed by atoms with Crippen molar-refractivity contribution in [3.8, 4) is 11.3 Å². The second-order valence-corrected chi connectivity index (χ2v) is 11.4. The number of esters is 1. The van der Waals surface area contributed by atoms with Gasteiger partial charge in [-0.05, 0) is 31.0 Å². The van der Waals surface area contributed by atoms with E-state index in [0.29, 0.717) is 18.5 Å². The third-order valence-corrected chi connectivity index (χ3v) is 8.50. The summed E-state index contributed by atoms with van der Waals surface area (Å²) in [5.74, 6) is -3.50. The number of hydrogen-bond acceptors (Lipinski definition) is 10. The number of aliphatic hydroxyl groups excluding tert-OH is 3. The number of nitrogens with zero attached hydrogens (tertiary/aromatic N) is 6. The molecule has 13 nitrogen and oxygen atoms in total. The average Bonchev–Trinajstić information content (AvgIpc) is 3.63. The van der Waals surface area contributed by atoms with Gasteiger partial charge in [0, 0.05) is 25.7 Å². The smallest absolute Gasteiger partial charge is 0.303 e. The van der Waals surface area contributed by atoms with Crippen molar-refractivity contribution in [1.82, 2.24) is 29.7 Å². The van der Waals surface area contributed by atoms with Crippen LogP contribution in [0.15, 0.2) is 30.6 Å². The summed E-state index contributed by atoms with van der Waals surface area (Å²) in [5, 5.41) is 43.8. The summed E-state index contributed by atoms with van der Waals surface area (Å²) in [6.45, 7) is 0.451. The van der Waals surface area contributed by atoms with Crippen LogP contribution in [0, 0.1) is 11.6 Å². The number of aromatic nitrogens is 5. The summed E-state index contributed by atoms with van der Waals surface area (Å²) in [6.07, 6.45) is -1.38. The lowest BCUT2D eigenvalue weighted by atomic mass is 9.88. The molecule has 1 aliphatic heterocycles. The maximum absolute atomic E-state index is 14.4. The van der Waals surface area contributed by atoms with Crippen molar-refractivity contribution >= 4 is 23.5 Å². The molecular formula is C28H33ClF2N6O7. The topological polar surface area (TPSA) is 165 Å². The second kappa shape index (κ2) is 13.2. The summed E-state index contributed by atoms with van der Waals surface area (Å²) in [4.78, 5) is 28.2. The van der Waals surface area contributed by atoms with Gasteiger partial charge in [-0.15, -0.1) is 5.10 Å². The van der Waals surface area contributed by atoms with E-state index in [9.17, 15) is 33.7 Å². The summed E-state index contributed by atoms with van der Waals surface area (Å²) in [7, 11) is 1.71. The van der Waals surface area contributed by atoms with Gasteiger partial charge in [-0.25, -0.2) is 13.5 Å². The zero-order valence-corrected chi connectivity index (χ0v) is 24.7. The number of rotatable bonds is 8. The van der Waals surface area contributed by atoms with E-state index in [-0.39, 0.29) is 17.8 Å². The molecule has 1 aromatic carbocycles. The first-order valence-electron chi connectivity index (χ1n) is 14.1. The van der Waals surface area contributed by atoms with Crippen molar-refractivity contribution in [2.75, 3.05) is 6.61 Å². The van der Waals surface area contributed by atoms with Gasteiger partial charge in [0.15, 0.2) is 12.2 Å². The number of ether oxygens (including phenoxy) is 2. The molecule has 16 heteroatoms. The molecule has 2 aliphatic rings. The first-order chi connectivity index (χ1) is 21.0. The number of amides is 1. The molecule has 0 radical (unpaired) electrons. The Bertz CT molecular complexity index is 1480. The Morgan fingerprint density at radius 2 is 1.91 bits per heavy atom. The van der Waals surface area contributed by atoms with Crippen LogP contribution >= 0.6 is 11.6 Å². The van der Waals surface area contributed by atoms with Crippen LogP contribution in [-0.2, 0) is 32.7 Å². The van der Waals surface area contributed by atoms with Crippen LogP contribution < -0.4 is 0 Å². The fraction of sp³-hybridized carbons (Fsp3) is 0.536. The summed E-state index contributed by atoms with van der Waals surface area (Å²) in [5.41, 5.74) is 0.641. The largest absolute Gasteiger partial charge is 0.457 e. The molecule has 1 saturated heterocycles. The number of hydrogen-bond donors (Lipinski definition) is 3. The van der Waals surface area contributed by atoms with E-state index in [1.165, 1.54) is 11.1 Å². The number of carbonyl (C=O) groups excluding carboxylic acids is 2. The fourth-order valence-electron chi connectivity index (χ4n) is 5.89. The third kappa shape index (κ3) is 6.33. The molecule has 0 unspecified atom stereocenters. The number of carbonyl (C=O) groups is 2. The van der Waals surface area contributed by atoms with Gasteiger partial charge in [-0.3, -0.25) is 14.3 Å². The van der Waals surface area contributed by atoms with Crippen molar-refractivity contribution in [3.05, 3.63) is 52.9 Å². The standard InChI is InChI=1S/C28H33ClF2N6O7/c1-14(39)43-26-24(37-12-19(33-34-37)15-9-17(30)23(29)18(31)10-15)25(41)22(13-38)44-27(26)28(42)36(11-16-7-8-32-35(16)2)20-5-3-4-6-21(20)40/h7-10,12,20-22,24-27,38,40-41H,3-6,11,13H2,1-2H3/t20-,21-,22+,24-,25-,26+,27+/m0/s1. The van der Waals surface area contributed by atoms with Gasteiger partial charge in [0.1, 0.15) is 40.6 Å². The summed E-state index contributed by atoms with van der Waals surface area (Å²) in [6, 6.07) is 1.72. The van der Waals surface area contributed by atoms with Gasteiger partial charge in [0.05, 0.1) is 37.2 Å². The first kappa shape index (κ1) is 31.9. The Morgan fingerprint density at radius 1 is 1.20 bits per heavy atom. The Hall–Kier alpha value is -3.50. The Kier molecular flexibility index (Phi) is 9.60. The Labute approximate surface area is 255 Å². The molecule has 0 bridgehead atoms. The van der Waals surface area contributed by atoms with E-state index in [1.807, 2.05) is 0 Å². The number of aryl methyl sites for hydroxylation is 1. The zero-order chi connectivity index (χ0) is 31.7. The third-order valence-electron chi connectivity index (χ3n) is 8.14. The minimum absolute atomic E-state index is 0.00804. The van der Waals surface area contributed by atoms with E-state index in [2.05, 4.69) is 15.4 Å². The van der Waals surface area contributed by atoms with Crippen molar-refractivity contribution in [3.63, 3.8) is 0 Å². The van der Waals surface area contributed by atoms with Crippen LogP contribution in [0.1, 0.15) is 44.3 Å². The van der Waals surface area contributed by atoms with Crippen molar-refractivity contribution < 1.29 is 43.2 Å². The van der Waals surface area contributed by atoms with Crippen LogP contribution in [-0.4, -0.2) is 100 Å². The Morgan fingerprint density at radius 3 is 2.52 bits per heavy atom. The van der Waals surface area contributed by atoms with Gasteiger partial charge < -0.3 is 29.7 Å². The molecule has 3 aromatic rings. The van der Waals surface area contributed by atoms with Crippen molar-refractivity contribution in [1.29, 1.82) is 0 Å². The van der Waals surface area contributed by atoms with Crippen molar-refractivity contribution in [2.45, 2.75) is 81.8 Å². The van der Waals surface area contributed by atoms with Gasteiger partial charge in [-0.1, -0.05) is 29.7 Å². The molecule has 238 valence electrons. The summed E-state index contributed by atoms with van der Waals surface area (Å²) >= 11 is 5.61. The highest BCUT2D eigenvalue weighted by Gasteiger charge is 2.53. The molecule has 44 heavy (non-hydrogen) atoms.